The van der Waals surface area contributed by atoms with Crippen molar-refractivity contribution < 1.29 is 4.79 Å². The third-order valence-corrected chi connectivity index (χ3v) is 6.10. The number of nitrogen functional groups attached to an aromatic ring is 1. The Kier molecular flexibility index (Phi) is 5.38. The van der Waals surface area contributed by atoms with Gasteiger partial charge in [-0.25, -0.2) is 0 Å². The molecule has 0 bridgehead atoms. The summed E-state index contributed by atoms with van der Waals surface area (Å²) in [5.41, 5.74) is 8.67. The SMILES string of the molecule is CC(C(=O)N1CCC(Cc2ccccc2)CC1)n1ccc2cc(C(=N)N)ccc21. The Hall–Kier alpha value is -3.08. The molecule has 150 valence electrons. The second kappa shape index (κ2) is 8.11. The van der Waals surface area contributed by atoms with Crippen molar-refractivity contribution in [3.63, 3.8) is 0 Å². The quantitative estimate of drug-likeness (QED) is 0.513. The molecule has 1 aliphatic heterocycles. The third kappa shape index (κ3) is 4.04. The van der Waals surface area contributed by atoms with Gasteiger partial charge in [0.05, 0.1) is 0 Å². The molecule has 0 radical (unpaired) electrons. The number of benzene rings is 2. The zero-order valence-corrected chi connectivity index (χ0v) is 16.8. The van der Waals surface area contributed by atoms with Crippen molar-refractivity contribution in [2.75, 3.05) is 13.1 Å². The molecule has 3 aromatic rings. The van der Waals surface area contributed by atoms with E-state index < -0.39 is 0 Å². The van der Waals surface area contributed by atoms with Gasteiger partial charge in [-0.2, -0.15) is 0 Å². The fourth-order valence-electron chi connectivity index (χ4n) is 4.36. The molecule has 1 saturated heterocycles. The molecular formula is C24H28N4O. The number of nitrogens with zero attached hydrogens (tertiary/aromatic N) is 2. The molecule has 0 spiro atoms. The number of piperidine rings is 1. The Labute approximate surface area is 171 Å². The van der Waals surface area contributed by atoms with Crippen LogP contribution in [0.15, 0.2) is 60.8 Å². The molecule has 3 N–H and O–H groups in total. The fraction of sp³-hybridized carbons (Fsp3) is 0.333. The summed E-state index contributed by atoms with van der Waals surface area (Å²) in [5.74, 6) is 0.882. The number of aromatic nitrogens is 1. The van der Waals surface area contributed by atoms with Crippen molar-refractivity contribution in [2.24, 2.45) is 11.7 Å². The zero-order chi connectivity index (χ0) is 20.4. The number of fused-ring (bicyclic) bond motifs is 1. The van der Waals surface area contributed by atoms with E-state index in [1.807, 2.05) is 46.9 Å². The highest BCUT2D eigenvalue weighted by molar-refractivity contribution is 5.99. The van der Waals surface area contributed by atoms with E-state index in [0.717, 1.165) is 43.3 Å². The lowest BCUT2D eigenvalue weighted by molar-refractivity contribution is -0.135. The van der Waals surface area contributed by atoms with E-state index in [9.17, 15) is 4.79 Å². The molecule has 1 unspecified atom stereocenters. The van der Waals surface area contributed by atoms with Crippen LogP contribution in [0.4, 0.5) is 0 Å². The summed E-state index contributed by atoms with van der Waals surface area (Å²) in [4.78, 5) is 15.1. The van der Waals surface area contributed by atoms with Gasteiger partial charge < -0.3 is 15.2 Å². The summed E-state index contributed by atoms with van der Waals surface area (Å²) in [7, 11) is 0. The lowest BCUT2D eigenvalue weighted by Crippen LogP contribution is -2.42. The molecule has 1 aromatic heterocycles. The molecular weight excluding hydrogens is 360 g/mol. The Balaban J connectivity index is 1.41. The standard InChI is InChI=1S/C24H28N4O/c1-17(28-14-11-20-16-21(23(25)26)7-8-22(20)28)24(29)27-12-9-19(10-13-27)15-18-5-3-2-4-6-18/h2-8,11,14,16-17,19H,9-10,12-13,15H2,1H3,(H3,25,26). The number of amides is 1. The van der Waals surface area contributed by atoms with E-state index in [4.69, 9.17) is 11.1 Å². The Bertz CT molecular complexity index is 1020. The maximum absolute atomic E-state index is 13.1. The average Bonchev–Trinajstić information content (AvgIpc) is 3.17. The highest BCUT2D eigenvalue weighted by Crippen LogP contribution is 2.26. The van der Waals surface area contributed by atoms with E-state index >= 15 is 0 Å². The maximum atomic E-state index is 13.1. The van der Waals surface area contributed by atoms with E-state index in [0.29, 0.717) is 11.5 Å². The van der Waals surface area contributed by atoms with Gasteiger partial charge in [0.25, 0.3) is 0 Å². The van der Waals surface area contributed by atoms with E-state index in [-0.39, 0.29) is 17.8 Å². The molecule has 4 rings (SSSR count). The van der Waals surface area contributed by atoms with Crippen LogP contribution >= 0.6 is 0 Å². The van der Waals surface area contributed by atoms with Crippen molar-refractivity contribution in [1.82, 2.24) is 9.47 Å². The van der Waals surface area contributed by atoms with Gasteiger partial charge in [0.1, 0.15) is 11.9 Å². The van der Waals surface area contributed by atoms with Gasteiger partial charge in [0, 0.05) is 35.8 Å². The van der Waals surface area contributed by atoms with E-state index in [2.05, 4.69) is 30.3 Å². The third-order valence-electron chi connectivity index (χ3n) is 6.10. The molecule has 29 heavy (non-hydrogen) atoms. The van der Waals surface area contributed by atoms with Crippen LogP contribution in [-0.4, -0.2) is 34.3 Å². The van der Waals surface area contributed by atoms with Gasteiger partial charge in [-0.3, -0.25) is 10.2 Å². The Morgan fingerprint density at radius 2 is 1.86 bits per heavy atom. The maximum Gasteiger partial charge on any atom is 0.245 e. The normalized spacial score (nSPS) is 16.1. The number of likely N-dealkylation sites (tertiary alicyclic amines) is 1. The van der Waals surface area contributed by atoms with Crippen LogP contribution in [-0.2, 0) is 11.2 Å². The topological polar surface area (TPSA) is 75.1 Å². The number of hydrogen-bond acceptors (Lipinski definition) is 2. The molecule has 1 aliphatic rings. The van der Waals surface area contributed by atoms with Crippen LogP contribution in [0, 0.1) is 11.3 Å². The molecule has 2 aromatic carbocycles. The lowest BCUT2D eigenvalue weighted by atomic mass is 9.90. The van der Waals surface area contributed by atoms with Crippen molar-refractivity contribution in [3.8, 4) is 0 Å². The molecule has 0 aliphatic carbocycles. The van der Waals surface area contributed by atoms with Gasteiger partial charge in [0.15, 0.2) is 0 Å². The summed E-state index contributed by atoms with van der Waals surface area (Å²) in [6, 6.07) is 18.0. The predicted molar refractivity (Wildman–Crippen MR) is 117 cm³/mol. The smallest absolute Gasteiger partial charge is 0.245 e. The monoisotopic (exact) mass is 388 g/mol. The van der Waals surface area contributed by atoms with Crippen LogP contribution in [0.25, 0.3) is 10.9 Å². The second-order valence-electron chi connectivity index (χ2n) is 8.04. The predicted octanol–water partition coefficient (Wildman–Crippen LogP) is 3.97. The minimum Gasteiger partial charge on any atom is -0.384 e. The first kappa shape index (κ1) is 19.2. The Morgan fingerprint density at radius 1 is 1.14 bits per heavy atom. The van der Waals surface area contributed by atoms with Crippen molar-refractivity contribution >= 4 is 22.6 Å². The molecule has 5 heteroatoms. The number of amidine groups is 1. The molecule has 1 amide bonds. The van der Waals surface area contributed by atoms with Gasteiger partial charge >= 0.3 is 0 Å². The first-order valence-electron chi connectivity index (χ1n) is 10.3. The molecule has 5 nitrogen and oxygen atoms in total. The number of nitrogens with one attached hydrogen (secondary N) is 1. The highest BCUT2D eigenvalue weighted by Gasteiger charge is 2.27. The van der Waals surface area contributed by atoms with Gasteiger partial charge in [-0.1, -0.05) is 30.3 Å². The first-order valence-corrected chi connectivity index (χ1v) is 10.3. The average molecular weight is 389 g/mol. The summed E-state index contributed by atoms with van der Waals surface area (Å²) in [6.07, 6.45) is 5.17. The summed E-state index contributed by atoms with van der Waals surface area (Å²) >= 11 is 0. The summed E-state index contributed by atoms with van der Waals surface area (Å²) < 4.78 is 2.03. The summed E-state index contributed by atoms with van der Waals surface area (Å²) in [6.45, 7) is 3.62. The van der Waals surface area contributed by atoms with Crippen molar-refractivity contribution in [1.29, 1.82) is 5.41 Å². The minimum absolute atomic E-state index is 0.0575. The fourth-order valence-corrected chi connectivity index (χ4v) is 4.36. The van der Waals surface area contributed by atoms with Crippen LogP contribution in [0.2, 0.25) is 0 Å². The number of carbonyl (C=O) groups excluding carboxylic acids is 1. The van der Waals surface area contributed by atoms with Crippen molar-refractivity contribution in [3.05, 3.63) is 71.9 Å². The van der Waals surface area contributed by atoms with E-state index in [1.54, 1.807) is 0 Å². The largest absolute Gasteiger partial charge is 0.384 e. The number of rotatable bonds is 5. The van der Waals surface area contributed by atoms with Crippen LogP contribution in [0.5, 0.6) is 0 Å². The van der Waals surface area contributed by atoms with E-state index in [1.165, 1.54) is 5.56 Å². The van der Waals surface area contributed by atoms with Crippen molar-refractivity contribution in [2.45, 2.75) is 32.2 Å². The number of hydrogen-bond donors (Lipinski definition) is 2. The Morgan fingerprint density at radius 3 is 2.55 bits per heavy atom. The second-order valence-corrected chi connectivity index (χ2v) is 8.04. The van der Waals surface area contributed by atoms with Crippen LogP contribution < -0.4 is 5.73 Å². The molecule has 2 heterocycles. The molecule has 0 saturated carbocycles. The molecule has 1 atom stereocenters. The molecule has 1 fully saturated rings. The van der Waals surface area contributed by atoms with Crippen LogP contribution in [0.1, 0.15) is 36.9 Å². The van der Waals surface area contributed by atoms with Gasteiger partial charge in [-0.15, -0.1) is 0 Å². The highest BCUT2D eigenvalue weighted by atomic mass is 16.2. The number of nitrogens with two attached hydrogens (primary N) is 1. The first-order chi connectivity index (χ1) is 14.0. The summed E-state index contributed by atoms with van der Waals surface area (Å²) in [5, 5.41) is 8.60. The minimum atomic E-state index is -0.249. The van der Waals surface area contributed by atoms with Gasteiger partial charge in [0.2, 0.25) is 5.91 Å². The van der Waals surface area contributed by atoms with Crippen LogP contribution in [0.3, 0.4) is 0 Å². The van der Waals surface area contributed by atoms with Gasteiger partial charge in [-0.05, 0) is 61.9 Å². The lowest BCUT2D eigenvalue weighted by Gasteiger charge is -2.34. The number of carbonyl (C=O) groups is 1. The zero-order valence-electron chi connectivity index (χ0n) is 16.8.